The van der Waals surface area contributed by atoms with E-state index in [0.717, 1.165) is 17.7 Å². The van der Waals surface area contributed by atoms with Gasteiger partial charge in [-0.1, -0.05) is 6.92 Å². The van der Waals surface area contributed by atoms with E-state index in [1.54, 1.807) is 15.9 Å². The number of hydrogen-bond acceptors (Lipinski definition) is 3. The van der Waals surface area contributed by atoms with Crippen molar-refractivity contribution < 1.29 is 19.5 Å². The summed E-state index contributed by atoms with van der Waals surface area (Å²) in [5.74, 6) is -1.30. The molecule has 6 nitrogen and oxygen atoms in total. The van der Waals surface area contributed by atoms with Gasteiger partial charge in [0.2, 0.25) is 5.91 Å². The number of likely N-dealkylation sites (tertiary alicyclic amines) is 1. The maximum atomic E-state index is 12.8. The maximum Gasteiger partial charge on any atom is 0.308 e. The second-order valence-corrected chi connectivity index (χ2v) is 6.85. The van der Waals surface area contributed by atoms with E-state index in [1.165, 1.54) is 6.92 Å². The highest BCUT2D eigenvalue weighted by atomic mass is 16.4. The van der Waals surface area contributed by atoms with E-state index in [9.17, 15) is 19.5 Å². The molecule has 2 heterocycles. The van der Waals surface area contributed by atoms with Gasteiger partial charge in [-0.2, -0.15) is 0 Å². The number of anilines is 1. The third kappa shape index (κ3) is 3.00. The van der Waals surface area contributed by atoms with E-state index in [4.69, 9.17) is 0 Å². The van der Waals surface area contributed by atoms with Crippen molar-refractivity contribution in [3.63, 3.8) is 0 Å². The van der Waals surface area contributed by atoms with Crippen LogP contribution in [-0.2, 0) is 16.0 Å². The van der Waals surface area contributed by atoms with E-state index >= 15 is 0 Å². The lowest BCUT2D eigenvalue weighted by molar-refractivity contribution is -0.143. The summed E-state index contributed by atoms with van der Waals surface area (Å²) in [6.07, 6.45) is 1.35. The predicted octanol–water partition coefficient (Wildman–Crippen LogP) is 1.78. The summed E-state index contributed by atoms with van der Waals surface area (Å²) in [6.45, 7) is 5.00. The molecule has 1 aromatic rings. The van der Waals surface area contributed by atoms with Crippen molar-refractivity contribution in [2.24, 2.45) is 11.8 Å². The van der Waals surface area contributed by atoms with Crippen molar-refractivity contribution in [3.05, 3.63) is 29.3 Å². The zero-order valence-corrected chi connectivity index (χ0v) is 14.0. The van der Waals surface area contributed by atoms with Crippen LogP contribution in [0.25, 0.3) is 0 Å². The molecule has 128 valence electrons. The summed E-state index contributed by atoms with van der Waals surface area (Å²) in [6, 6.07) is 5.39. The Kier molecular flexibility index (Phi) is 4.30. The van der Waals surface area contributed by atoms with Crippen LogP contribution in [-0.4, -0.2) is 47.4 Å². The Labute approximate surface area is 141 Å². The minimum Gasteiger partial charge on any atom is -0.481 e. The maximum absolute atomic E-state index is 12.8. The smallest absolute Gasteiger partial charge is 0.308 e. The molecule has 1 N–H and O–H groups in total. The molecule has 24 heavy (non-hydrogen) atoms. The van der Waals surface area contributed by atoms with Crippen molar-refractivity contribution >= 4 is 23.5 Å². The van der Waals surface area contributed by atoms with Crippen LogP contribution in [0.1, 0.15) is 36.2 Å². The fraction of sp³-hybridized carbons (Fsp3) is 0.500. The third-order valence-electron chi connectivity index (χ3n) is 4.90. The molecule has 0 aromatic heterocycles. The quantitative estimate of drug-likeness (QED) is 0.896. The molecule has 2 unspecified atom stereocenters. The van der Waals surface area contributed by atoms with Crippen molar-refractivity contribution in [1.82, 2.24) is 4.90 Å². The Morgan fingerprint density at radius 2 is 1.96 bits per heavy atom. The first kappa shape index (κ1) is 16.5. The number of carboxylic acid groups (broad SMARTS) is 1. The van der Waals surface area contributed by atoms with Crippen molar-refractivity contribution in [2.45, 2.75) is 26.7 Å². The molecule has 0 aliphatic carbocycles. The van der Waals surface area contributed by atoms with Crippen molar-refractivity contribution in [3.8, 4) is 0 Å². The van der Waals surface area contributed by atoms with Gasteiger partial charge in [-0.15, -0.1) is 0 Å². The average molecular weight is 330 g/mol. The lowest BCUT2D eigenvalue weighted by Crippen LogP contribution is -2.45. The highest BCUT2D eigenvalue weighted by molar-refractivity contribution is 5.98. The Morgan fingerprint density at radius 3 is 2.62 bits per heavy atom. The third-order valence-corrected chi connectivity index (χ3v) is 4.90. The Morgan fingerprint density at radius 1 is 1.21 bits per heavy atom. The Bertz CT molecular complexity index is 700. The molecule has 1 fully saturated rings. The molecule has 0 spiro atoms. The lowest BCUT2D eigenvalue weighted by Gasteiger charge is -2.34. The van der Waals surface area contributed by atoms with Crippen molar-refractivity contribution in [1.29, 1.82) is 0 Å². The van der Waals surface area contributed by atoms with Gasteiger partial charge in [-0.25, -0.2) is 0 Å². The molecular formula is C18H22N2O4. The van der Waals surface area contributed by atoms with Gasteiger partial charge in [0, 0.05) is 37.8 Å². The fourth-order valence-electron chi connectivity index (χ4n) is 3.74. The minimum absolute atomic E-state index is 0.00184. The van der Waals surface area contributed by atoms with Crippen LogP contribution in [0.4, 0.5) is 5.69 Å². The first-order chi connectivity index (χ1) is 11.4. The topological polar surface area (TPSA) is 77.9 Å². The number of carboxylic acids is 1. The zero-order chi connectivity index (χ0) is 17.4. The van der Waals surface area contributed by atoms with Crippen LogP contribution < -0.4 is 4.90 Å². The highest BCUT2D eigenvalue weighted by Crippen LogP contribution is 2.30. The molecule has 2 amide bonds. The number of benzene rings is 1. The number of nitrogens with zero attached hydrogens (tertiary/aromatic N) is 2. The minimum atomic E-state index is -0.842. The summed E-state index contributed by atoms with van der Waals surface area (Å²) in [4.78, 5) is 39.0. The molecule has 0 saturated carbocycles. The van der Waals surface area contributed by atoms with Crippen LogP contribution in [0.15, 0.2) is 18.2 Å². The first-order valence-corrected chi connectivity index (χ1v) is 8.30. The van der Waals surface area contributed by atoms with E-state index in [-0.39, 0.29) is 24.3 Å². The summed E-state index contributed by atoms with van der Waals surface area (Å²) < 4.78 is 0. The summed E-state index contributed by atoms with van der Waals surface area (Å²) in [7, 11) is 0. The number of rotatable bonds is 2. The van der Waals surface area contributed by atoms with Crippen LogP contribution in [0.3, 0.4) is 0 Å². The van der Waals surface area contributed by atoms with Gasteiger partial charge in [-0.3, -0.25) is 14.4 Å². The van der Waals surface area contributed by atoms with Crippen LogP contribution in [0.5, 0.6) is 0 Å². The molecular weight excluding hydrogens is 308 g/mol. The SMILES string of the molecule is CC(=O)N1CCc2cc(C(=O)N3CC(C)CC(C(=O)O)C3)ccc21. The second kappa shape index (κ2) is 6.26. The van der Waals surface area contributed by atoms with Crippen LogP contribution >= 0.6 is 0 Å². The number of hydrogen-bond donors (Lipinski definition) is 1. The molecule has 2 aliphatic heterocycles. The number of amides is 2. The van der Waals surface area contributed by atoms with E-state index in [2.05, 4.69) is 0 Å². The molecule has 0 radical (unpaired) electrons. The largest absolute Gasteiger partial charge is 0.481 e. The molecule has 2 aliphatic rings. The second-order valence-electron chi connectivity index (χ2n) is 6.85. The van der Waals surface area contributed by atoms with E-state index < -0.39 is 11.9 Å². The molecule has 6 heteroatoms. The Balaban J connectivity index is 1.81. The van der Waals surface area contributed by atoms with Gasteiger partial charge in [0.15, 0.2) is 0 Å². The normalized spacial score (nSPS) is 23.1. The monoisotopic (exact) mass is 330 g/mol. The molecule has 1 saturated heterocycles. The number of fused-ring (bicyclic) bond motifs is 1. The molecule has 1 aromatic carbocycles. The highest BCUT2D eigenvalue weighted by Gasteiger charge is 2.33. The standard InChI is InChI=1S/C18H22N2O4/c1-11-7-15(18(23)24)10-19(9-11)17(22)14-3-4-16-13(8-14)5-6-20(16)12(2)21/h3-4,8,11,15H,5-7,9-10H2,1-2H3,(H,23,24). The predicted molar refractivity (Wildman–Crippen MR) is 89.0 cm³/mol. The van der Waals surface area contributed by atoms with Gasteiger partial charge >= 0.3 is 5.97 Å². The van der Waals surface area contributed by atoms with Gasteiger partial charge in [0.1, 0.15) is 0 Å². The van der Waals surface area contributed by atoms with E-state index in [0.29, 0.717) is 25.1 Å². The van der Waals surface area contributed by atoms with Gasteiger partial charge in [0.25, 0.3) is 5.91 Å². The number of carbonyl (C=O) groups is 3. The number of carbonyl (C=O) groups excluding carboxylic acids is 2. The summed E-state index contributed by atoms with van der Waals surface area (Å²) >= 11 is 0. The van der Waals surface area contributed by atoms with E-state index in [1.807, 2.05) is 19.1 Å². The molecule has 0 bridgehead atoms. The Hall–Kier alpha value is -2.37. The van der Waals surface area contributed by atoms with Crippen molar-refractivity contribution in [2.75, 3.05) is 24.5 Å². The first-order valence-electron chi connectivity index (χ1n) is 8.30. The number of aliphatic carboxylic acids is 1. The van der Waals surface area contributed by atoms with Crippen LogP contribution in [0, 0.1) is 11.8 Å². The van der Waals surface area contributed by atoms with Gasteiger partial charge in [0.05, 0.1) is 5.92 Å². The molecule has 2 atom stereocenters. The molecule has 3 rings (SSSR count). The van der Waals surface area contributed by atoms with Gasteiger partial charge < -0.3 is 14.9 Å². The van der Waals surface area contributed by atoms with Gasteiger partial charge in [-0.05, 0) is 42.5 Å². The summed E-state index contributed by atoms with van der Waals surface area (Å²) in [5, 5.41) is 9.26. The lowest BCUT2D eigenvalue weighted by atomic mass is 9.90. The number of piperidine rings is 1. The fourth-order valence-corrected chi connectivity index (χ4v) is 3.74. The van der Waals surface area contributed by atoms with Crippen LogP contribution in [0.2, 0.25) is 0 Å². The average Bonchev–Trinajstić information content (AvgIpc) is 2.96. The summed E-state index contributed by atoms with van der Waals surface area (Å²) in [5.41, 5.74) is 2.43. The zero-order valence-electron chi connectivity index (χ0n) is 14.0.